The van der Waals surface area contributed by atoms with E-state index in [1.54, 1.807) is 0 Å². The Morgan fingerprint density at radius 1 is 0.157 bits per heavy atom. The number of benzene rings is 20. The van der Waals surface area contributed by atoms with Crippen molar-refractivity contribution < 1.29 is 17.7 Å². The third-order valence-electron chi connectivity index (χ3n) is 29.4. The van der Waals surface area contributed by atoms with E-state index in [2.05, 4.69) is 382 Å². The van der Waals surface area contributed by atoms with Crippen molar-refractivity contribution in [2.24, 2.45) is 0 Å². The molecule has 0 atom stereocenters. The molecule has 16 aromatic heterocycles. The highest BCUT2D eigenvalue weighted by Gasteiger charge is 2.29. The number of rotatable bonds is 0. The number of pyridine rings is 4. The van der Waals surface area contributed by atoms with E-state index in [4.69, 9.17) is 37.6 Å². The first-order valence-electron chi connectivity index (χ1n) is 46.9. The molecule has 0 spiro atoms. The Morgan fingerprint density at radius 2 is 0.450 bits per heavy atom. The second kappa shape index (κ2) is 28.0. The zero-order valence-electron chi connectivity index (χ0n) is 73.8. The van der Waals surface area contributed by atoms with Crippen molar-refractivity contribution in [1.82, 2.24) is 37.5 Å². The summed E-state index contributed by atoms with van der Waals surface area (Å²) in [5.74, 6) is 0. The van der Waals surface area contributed by atoms with Gasteiger partial charge in [0.25, 0.3) is 0 Å². The highest BCUT2D eigenvalue weighted by molar-refractivity contribution is 7.28. The van der Waals surface area contributed by atoms with E-state index in [0.717, 1.165) is 182 Å². The van der Waals surface area contributed by atoms with Crippen LogP contribution in [0.4, 0.5) is 0 Å². The molecule has 16 heterocycles. The fourth-order valence-corrected chi connectivity index (χ4v) is 28.3. The monoisotopic (exact) mass is 1860 g/mol. The van der Waals surface area contributed by atoms with E-state index in [1.165, 1.54) is 140 Å². The summed E-state index contributed by atoms with van der Waals surface area (Å²) in [5.41, 5.74) is 24.4. The number of thiophene rings is 4. The molecular weight excluding hydrogens is 1790 g/mol. The molecule has 0 aliphatic carbocycles. The molecule has 0 fully saturated rings. The van der Waals surface area contributed by atoms with Crippen molar-refractivity contribution in [2.75, 3.05) is 0 Å². The number of hydrogen-bond donors (Lipinski definition) is 0. The summed E-state index contributed by atoms with van der Waals surface area (Å²) in [6.07, 6.45) is 0. The maximum Gasteiger partial charge on any atom is 0.147 e. The molecule has 648 valence electrons. The van der Waals surface area contributed by atoms with Crippen LogP contribution in [0.1, 0.15) is 0 Å². The topological polar surface area (TPSA) is 122 Å². The molecule has 140 heavy (non-hydrogen) atoms. The van der Waals surface area contributed by atoms with Crippen LogP contribution in [0.15, 0.2) is 406 Å². The Bertz CT molecular complexity index is 12000. The molecule has 20 aromatic carbocycles. The molecule has 0 bridgehead atoms. The van der Waals surface area contributed by atoms with Gasteiger partial charge in [-0.25, -0.2) is 19.9 Å². The van der Waals surface area contributed by atoms with E-state index >= 15 is 0 Å². The predicted octanol–water partition coefficient (Wildman–Crippen LogP) is 36.2. The second-order valence-electron chi connectivity index (χ2n) is 36.7. The number of furan rings is 4. The Kier molecular flexibility index (Phi) is 15.2. The van der Waals surface area contributed by atoms with Gasteiger partial charge in [-0.2, -0.15) is 0 Å². The van der Waals surface area contributed by atoms with Gasteiger partial charge < -0.3 is 17.7 Å². The molecular formula is C124H64N8O4S4. The van der Waals surface area contributed by atoms with Crippen molar-refractivity contribution >= 4 is 367 Å². The van der Waals surface area contributed by atoms with Gasteiger partial charge in [0, 0.05) is 161 Å². The number of hydrogen-bond acceptors (Lipinski definition) is 12. The zero-order valence-corrected chi connectivity index (χ0v) is 77.1. The molecule has 12 nitrogen and oxygen atoms in total. The van der Waals surface area contributed by atoms with Gasteiger partial charge in [-0.3, -0.25) is 17.6 Å². The first-order chi connectivity index (χ1) is 69.4. The van der Waals surface area contributed by atoms with Gasteiger partial charge >= 0.3 is 0 Å². The van der Waals surface area contributed by atoms with Gasteiger partial charge in [0.05, 0.1) is 71.6 Å². The SMILES string of the molecule is c1ccc2c(c1)nc1c3c(ccc4c5ccccc5sc43)c3c4c(ccc3n21)oc1ccccc14.c1ccc2c(c1)nc1c3c(ccc4c5ccccc5sc43)c3c4oc5ccccc5c4ccc3n21.c1ccc2c(c1)nc1c3cc4sc5ccccc5c4cc3c3c4c(ccc3n21)oc1ccccc14.c1ccc2c(c1)nc1c3cc4sc5ccccc5c4cc3c3c4oc5ccccc5c4ccc3n21. The second-order valence-corrected chi connectivity index (χ2v) is 41.0. The van der Waals surface area contributed by atoms with E-state index in [0.29, 0.717) is 0 Å². The van der Waals surface area contributed by atoms with Crippen LogP contribution in [0.25, 0.3) is 322 Å². The first kappa shape index (κ1) is 75.6. The molecule has 0 aliphatic rings. The largest absolute Gasteiger partial charge is 0.456 e. The number of nitrogens with zero attached hydrogens (tertiary/aromatic N) is 8. The first-order valence-corrected chi connectivity index (χ1v) is 50.2. The predicted molar refractivity (Wildman–Crippen MR) is 592 cm³/mol. The van der Waals surface area contributed by atoms with Crippen LogP contribution in [0, 0.1) is 0 Å². The Morgan fingerprint density at radius 3 is 0.879 bits per heavy atom. The Hall–Kier alpha value is -17.6. The van der Waals surface area contributed by atoms with Gasteiger partial charge in [-0.15, -0.1) is 45.3 Å². The number of fused-ring (bicyclic) bond motifs is 62. The van der Waals surface area contributed by atoms with Gasteiger partial charge in [0.1, 0.15) is 67.3 Å². The molecule has 0 N–H and O–H groups in total. The van der Waals surface area contributed by atoms with Crippen LogP contribution in [0.5, 0.6) is 0 Å². The van der Waals surface area contributed by atoms with Crippen molar-refractivity contribution in [2.45, 2.75) is 0 Å². The van der Waals surface area contributed by atoms with E-state index < -0.39 is 0 Å². The van der Waals surface area contributed by atoms with Crippen molar-refractivity contribution in [1.29, 1.82) is 0 Å². The van der Waals surface area contributed by atoms with Crippen LogP contribution in [0.3, 0.4) is 0 Å². The molecule has 0 saturated carbocycles. The van der Waals surface area contributed by atoms with Crippen LogP contribution >= 0.6 is 45.3 Å². The maximum absolute atomic E-state index is 6.56. The summed E-state index contributed by atoms with van der Waals surface area (Å²) >= 11 is 7.40. The molecule has 0 amide bonds. The van der Waals surface area contributed by atoms with Crippen LogP contribution in [0.2, 0.25) is 0 Å². The molecule has 0 unspecified atom stereocenters. The van der Waals surface area contributed by atoms with Crippen LogP contribution in [-0.4, -0.2) is 37.5 Å². The van der Waals surface area contributed by atoms with E-state index in [9.17, 15) is 0 Å². The smallest absolute Gasteiger partial charge is 0.147 e. The normalized spacial score (nSPS) is 12.6. The number of aromatic nitrogens is 8. The lowest BCUT2D eigenvalue weighted by Gasteiger charge is -2.11. The van der Waals surface area contributed by atoms with Gasteiger partial charge in [-0.1, -0.05) is 218 Å². The maximum atomic E-state index is 6.56. The molecule has 0 saturated heterocycles. The van der Waals surface area contributed by atoms with Crippen molar-refractivity contribution in [3.8, 4) is 0 Å². The third kappa shape index (κ3) is 10.3. The molecule has 16 heteroatoms. The summed E-state index contributed by atoms with van der Waals surface area (Å²) in [4.78, 5) is 20.6. The standard InChI is InChI=1S/4C31H16N2OS/c1-5-11-25-18(8-1)30-26(34-25)14-13-24-29(30)20-15-19-17-7-2-6-12-27(17)35-28(19)16-21(20)31-32-22-9-3-4-10-23(22)33(24)31;1-5-11-24-19(8-1)28-25(34-24)16-15-23-27(28)20-14-13-18-17-7-2-6-12-26(17)35-30(18)29(20)31-32-21-9-3-4-10-22(21)33(23)31;1-5-11-26-17(7-1)19-13-14-25-29(30(19)34-26)21-15-20-18-8-2-6-12-27(18)35-28(20)16-22(21)31-32-23-9-3-4-10-24(23)33(25)31;1-5-11-25-17(7-1)19-15-16-24-27(29(19)34-25)21-14-13-20-18-8-2-6-12-26(18)35-30(20)28(21)31-32-22-9-3-4-10-23(22)33(24)31/h4*1-16H. The minimum atomic E-state index is 0.916. The average Bonchev–Trinajstić information content (AvgIpc) is 1.53. The summed E-state index contributed by atoms with van der Waals surface area (Å²) in [7, 11) is 0. The molecule has 0 aliphatic heterocycles. The van der Waals surface area contributed by atoms with Crippen molar-refractivity contribution in [3.63, 3.8) is 0 Å². The summed E-state index contributed by atoms with van der Waals surface area (Å²) in [5, 5.41) is 33.8. The van der Waals surface area contributed by atoms with E-state index in [-0.39, 0.29) is 0 Å². The highest BCUT2D eigenvalue weighted by atomic mass is 32.1. The molecule has 36 aromatic rings. The van der Waals surface area contributed by atoms with Crippen LogP contribution < -0.4 is 0 Å². The Balaban J connectivity index is 0.0000000829. The highest BCUT2D eigenvalue weighted by Crippen LogP contribution is 2.53. The zero-order chi connectivity index (χ0) is 90.7. The van der Waals surface area contributed by atoms with Gasteiger partial charge in [0.15, 0.2) is 0 Å². The lowest BCUT2D eigenvalue weighted by Crippen LogP contribution is -1.92. The number of para-hydroxylation sites is 12. The van der Waals surface area contributed by atoms with Crippen molar-refractivity contribution in [3.05, 3.63) is 388 Å². The molecule has 36 rings (SSSR count). The fourth-order valence-electron chi connectivity index (χ4n) is 23.5. The summed E-state index contributed by atoms with van der Waals surface area (Å²) in [6, 6.07) is 138. The summed E-state index contributed by atoms with van der Waals surface area (Å²) < 4.78 is 45.4. The third-order valence-corrected chi connectivity index (χ3v) is 34.1. The lowest BCUT2D eigenvalue weighted by atomic mass is 9.99. The fraction of sp³-hybridized carbons (Fsp3) is 0. The summed E-state index contributed by atoms with van der Waals surface area (Å²) in [6.45, 7) is 0. The average molecular weight is 1860 g/mol. The Labute approximate surface area is 804 Å². The lowest BCUT2D eigenvalue weighted by molar-refractivity contribution is 0.669. The quantitative estimate of drug-likeness (QED) is 0.138. The van der Waals surface area contributed by atoms with Gasteiger partial charge in [0.2, 0.25) is 0 Å². The number of imidazole rings is 4. The van der Waals surface area contributed by atoms with Gasteiger partial charge in [-0.05, 0) is 191 Å². The molecule has 0 radical (unpaired) electrons. The van der Waals surface area contributed by atoms with E-state index in [1.807, 2.05) is 69.6 Å². The minimum Gasteiger partial charge on any atom is -0.456 e. The minimum absolute atomic E-state index is 0.916. The van der Waals surface area contributed by atoms with Crippen LogP contribution in [-0.2, 0) is 0 Å².